The topological polar surface area (TPSA) is 83.2 Å². The molecule has 7 nitrogen and oxygen atoms in total. The van der Waals surface area contributed by atoms with Gasteiger partial charge in [0.05, 0.1) is 18.9 Å². The molecule has 1 fully saturated rings. The standard InChI is InChI=1S/C27H36N2O5/c1-4-6-15-28(16-7-5-2)17-9-18-29-24(22-10-8-19-34-22)23(26(31)27(29)32)25(30)20-11-13-21(33-3)14-12-20/h8,10-14,19,24,30H,4-7,9,15-18H2,1-3H3. The van der Waals surface area contributed by atoms with E-state index < -0.39 is 17.7 Å². The van der Waals surface area contributed by atoms with Gasteiger partial charge in [-0.1, -0.05) is 26.7 Å². The maximum absolute atomic E-state index is 13.1. The van der Waals surface area contributed by atoms with E-state index in [1.54, 1.807) is 43.5 Å². The van der Waals surface area contributed by atoms with E-state index in [0.717, 1.165) is 51.7 Å². The molecular formula is C27H36N2O5. The molecule has 1 atom stereocenters. The molecule has 1 aromatic heterocycles. The molecule has 0 aliphatic carbocycles. The molecule has 2 aromatic rings. The number of rotatable bonds is 13. The SMILES string of the molecule is CCCCN(CCCC)CCCN1C(=O)C(=O)C(=C(O)c2ccc(OC)cc2)C1c1ccco1. The van der Waals surface area contributed by atoms with Crippen molar-refractivity contribution in [1.29, 1.82) is 0 Å². The molecular weight excluding hydrogens is 432 g/mol. The number of methoxy groups -OCH3 is 1. The Labute approximate surface area is 202 Å². The monoisotopic (exact) mass is 468 g/mol. The number of unbranched alkanes of at least 4 members (excludes halogenated alkanes) is 2. The van der Waals surface area contributed by atoms with Crippen molar-refractivity contribution in [3.63, 3.8) is 0 Å². The molecule has 184 valence electrons. The van der Waals surface area contributed by atoms with Gasteiger partial charge < -0.3 is 24.1 Å². The first-order chi connectivity index (χ1) is 16.5. The van der Waals surface area contributed by atoms with Gasteiger partial charge in [-0.25, -0.2) is 0 Å². The molecule has 1 aliphatic heterocycles. The molecule has 0 bridgehead atoms. The number of furan rings is 1. The Morgan fingerprint density at radius 3 is 2.24 bits per heavy atom. The molecule has 3 rings (SSSR count). The molecule has 1 aromatic carbocycles. The minimum atomic E-state index is -0.753. The van der Waals surface area contributed by atoms with E-state index in [-0.39, 0.29) is 11.3 Å². The molecule has 1 amide bonds. The van der Waals surface area contributed by atoms with Crippen LogP contribution >= 0.6 is 0 Å². The summed E-state index contributed by atoms with van der Waals surface area (Å²) in [5.41, 5.74) is 0.500. The van der Waals surface area contributed by atoms with Crippen LogP contribution in [-0.2, 0) is 9.59 Å². The van der Waals surface area contributed by atoms with Crippen LogP contribution in [0.4, 0.5) is 0 Å². The number of nitrogens with zero attached hydrogens (tertiary/aromatic N) is 2. The lowest BCUT2D eigenvalue weighted by molar-refractivity contribution is -0.140. The number of carbonyl (C=O) groups excluding carboxylic acids is 2. The summed E-state index contributed by atoms with van der Waals surface area (Å²) in [5.74, 6) is -0.413. The maximum Gasteiger partial charge on any atom is 0.295 e. The summed E-state index contributed by atoms with van der Waals surface area (Å²) < 4.78 is 10.8. The van der Waals surface area contributed by atoms with Crippen molar-refractivity contribution in [1.82, 2.24) is 9.80 Å². The maximum atomic E-state index is 13.1. The number of aliphatic hydroxyl groups is 1. The van der Waals surface area contributed by atoms with Crippen molar-refractivity contribution in [2.24, 2.45) is 0 Å². The van der Waals surface area contributed by atoms with E-state index in [1.165, 1.54) is 11.2 Å². The molecule has 34 heavy (non-hydrogen) atoms. The Morgan fingerprint density at radius 1 is 1.03 bits per heavy atom. The third-order valence-electron chi connectivity index (χ3n) is 6.25. The van der Waals surface area contributed by atoms with Gasteiger partial charge in [0.1, 0.15) is 23.3 Å². The van der Waals surface area contributed by atoms with Crippen LogP contribution < -0.4 is 4.74 Å². The van der Waals surface area contributed by atoms with Gasteiger partial charge in [-0.15, -0.1) is 0 Å². The highest BCUT2D eigenvalue weighted by Crippen LogP contribution is 2.39. The average Bonchev–Trinajstić information content (AvgIpc) is 3.47. The second-order valence-corrected chi connectivity index (χ2v) is 8.64. The number of ketones is 1. The van der Waals surface area contributed by atoms with Gasteiger partial charge in [0, 0.05) is 12.1 Å². The van der Waals surface area contributed by atoms with Crippen molar-refractivity contribution in [3.8, 4) is 5.75 Å². The highest BCUT2D eigenvalue weighted by atomic mass is 16.5. The van der Waals surface area contributed by atoms with Crippen LogP contribution in [-0.4, -0.2) is 59.9 Å². The van der Waals surface area contributed by atoms with Crippen LogP contribution in [0.15, 0.2) is 52.7 Å². The minimum absolute atomic E-state index is 0.0546. The lowest BCUT2D eigenvalue weighted by Gasteiger charge is -2.26. The summed E-state index contributed by atoms with van der Waals surface area (Å²) in [6.07, 6.45) is 6.81. The average molecular weight is 469 g/mol. The number of ether oxygens (including phenoxy) is 1. The van der Waals surface area contributed by atoms with Crippen molar-refractivity contribution >= 4 is 17.4 Å². The second-order valence-electron chi connectivity index (χ2n) is 8.64. The van der Waals surface area contributed by atoms with Gasteiger partial charge in [-0.2, -0.15) is 0 Å². The molecule has 1 aliphatic rings. The normalized spacial score (nSPS) is 17.6. The van der Waals surface area contributed by atoms with Crippen LogP contribution in [0.2, 0.25) is 0 Å². The van der Waals surface area contributed by atoms with Crippen LogP contribution in [0.1, 0.15) is 63.3 Å². The summed E-state index contributed by atoms with van der Waals surface area (Å²) in [7, 11) is 1.56. The van der Waals surface area contributed by atoms with E-state index in [1.807, 2.05) is 0 Å². The van der Waals surface area contributed by atoms with Crippen molar-refractivity contribution in [2.45, 2.75) is 52.0 Å². The first-order valence-electron chi connectivity index (χ1n) is 12.2. The fraction of sp³-hybridized carbons (Fsp3) is 0.481. The van der Waals surface area contributed by atoms with E-state index in [2.05, 4.69) is 18.7 Å². The zero-order valence-corrected chi connectivity index (χ0v) is 20.5. The second kappa shape index (κ2) is 12.4. The number of carbonyl (C=O) groups is 2. The van der Waals surface area contributed by atoms with Crippen molar-refractivity contribution in [2.75, 3.05) is 33.3 Å². The highest BCUT2D eigenvalue weighted by molar-refractivity contribution is 6.46. The Kier molecular flexibility index (Phi) is 9.33. The third-order valence-corrected chi connectivity index (χ3v) is 6.25. The molecule has 2 heterocycles. The number of benzene rings is 1. The molecule has 1 saturated heterocycles. The van der Waals surface area contributed by atoms with E-state index >= 15 is 0 Å². The van der Waals surface area contributed by atoms with Crippen LogP contribution in [0.5, 0.6) is 5.75 Å². The summed E-state index contributed by atoms with van der Waals surface area (Å²) >= 11 is 0. The molecule has 1 N–H and O–H groups in total. The number of aliphatic hydroxyl groups excluding tert-OH is 1. The van der Waals surface area contributed by atoms with Gasteiger partial charge >= 0.3 is 0 Å². The third kappa shape index (κ3) is 5.89. The van der Waals surface area contributed by atoms with Crippen LogP contribution in [0.25, 0.3) is 5.76 Å². The van der Waals surface area contributed by atoms with Crippen LogP contribution in [0.3, 0.4) is 0 Å². The number of Topliss-reactive ketones (excluding diaryl/α,β-unsaturated/α-hetero) is 1. The number of hydrogen-bond donors (Lipinski definition) is 1. The van der Waals surface area contributed by atoms with Crippen LogP contribution in [0, 0.1) is 0 Å². The first kappa shape index (κ1) is 25.6. The Hall–Kier alpha value is -3.06. The van der Waals surface area contributed by atoms with Gasteiger partial charge in [0.15, 0.2) is 0 Å². The largest absolute Gasteiger partial charge is 0.507 e. The molecule has 1 unspecified atom stereocenters. The zero-order valence-electron chi connectivity index (χ0n) is 20.5. The number of amides is 1. The lowest BCUT2D eigenvalue weighted by Crippen LogP contribution is -2.34. The van der Waals surface area contributed by atoms with E-state index in [4.69, 9.17) is 9.15 Å². The summed E-state index contributed by atoms with van der Waals surface area (Å²) in [6, 6.07) is 9.44. The quantitative estimate of drug-likeness (QED) is 0.253. The molecule has 0 spiro atoms. The summed E-state index contributed by atoms with van der Waals surface area (Å²) in [6.45, 7) is 7.70. The lowest BCUT2D eigenvalue weighted by atomic mass is 9.99. The van der Waals surface area contributed by atoms with Gasteiger partial charge in [0.25, 0.3) is 11.7 Å². The van der Waals surface area contributed by atoms with E-state index in [9.17, 15) is 14.7 Å². The fourth-order valence-electron chi connectivity index (χ4n) is 4.32. The predicted molar refractivity (Wildman–Crippen MR) is 132 cm³/mol. The predicted octanol–water partition coefficient (Wildman–Crippen LogP) is 5.00. The smallest absolute Gasteiger partial charge is 0.295 e. The Balaban J connectivity index is 1.84. The summed E-state index contributed by atoms with van der Waals surface area (Å²) in [5, 5.41) is 11.1. The number of hydrogen-bond acceptors (Lipinski definition) is 6. The highest BCUT2D eigenvalue weighted by Gasteiger charge is 2.47. The molecule has 0 radical (unpaired) electrons. The summed E-state index contributed by atoms with van der Waals surface area (Å²) in [4.78, 5) is 30.1. The Morgan fingerprint density at radius 2 is 1.68 bits per heavy atom. The van der Waals surface area contributed by atoms with Crippen molar-refractivity contribution in [3.05, 3.63) is 59.6 Å². The fourth-order valence-corrected chi connectivity index (χ4v) is 4.32. The van der Waals surface area contributed by atoms with Gasteiger partial charge in [-0.05, 0) is 75.3 Å². The first-order valence-corrected chi connectivity index (χ1v) is 12.2. The van der Waals surface area contributed by atoms with Gasteiger partial charge in [-0.3, -0.25) is 9.59 Å². The van der Waals surface area contributed by atoms with E-state index in [0.29, 0.717) is 23.6 Å². The molecule has 0 saturated carbocycles. The van der Waals surface area contributed by atoms with Gasteiger partial charge in [0.2, 0.25) is 0 Å². The Bertz CT molecular complexity index is 957. The number of likely N-dealkylation sites (tertiary alicyclic amines) is 1. The zero-order chi connectivity index (χ0) is 24.5. The van der Waals surface area contributed by atoms with Crippen molar-refractivity contribution < 1.29 is 23.8 Å². The molecule has 7 heteroatoms. The minimum Gasteiger partial charge on any atom is -0.507 e.